The molecule has 0 saturated carbocycles. The standard InChI is InChI=1S/C21H10F2N2O/c22-11-7-8-14(15(23)10-11)19-18-17(20-16(25-19)6-3-9-24-20)12-4-1-2-5-13(12)21(18)26/h1-10H. The van der Waals surface area contributed by atoms with Gasteiger partial charge in [-0.25, -0.2) is 13.8 Å². The number of pyridine rings is 2. The van der Waals surface area contributed by atoms with Gasteiger partial charge in [0.15, 0.2) is 5.78 Å². The van der Waals surface area contributed by atoms with Gasteiger partial charge in [0.05, 0.1) is 22.3 Å². The van der Waals surface area contributed by atoms with Crippen molar-refractivity contribution in [2.24, 2.45) is 0 Å². The van der Waals surface area contributed by atoms with E-state index in [0.717, 1.165) is 17.7 Å². The highest BCUT2D eigenvalue weighted by Gasteiger charge is 2.33. The third-order valence-corrected chi connectivity index (χ3v) is 4.60. The zero-order valence-electron chi connectivity index (χ0n) is 13.3. The first-order chi connectivity index (χ1) is 12.6. The topological polar surface area (TPSA) is 42.9 Å². The van der Waals surface area contributed by atoms with E-state index in [4.69, 9.17) is 0 Å². The molecule has 0 amide bonds. The summed E-state index contributed by atoms with van der Waals surface area (Å²) < 4.78 is 27.8. The highest BCUT2D eigenvalue weighted by molar-refractivity contribution is 6.27. The summed E-state index contributed by atoms with van der Waals surface area (Å²) in [5.41, 5.74) is 3.68. The molecule has 0 fully saturated rings. The van der Waals surface area contributed by atoms with Gasteiger partial charge in [0.2, 0.25) is 0 Å². The van der Waals surface area contributed by atoms with Crippen LogP contribution < -0.4 is 0 Å². The second kappa shape index (κ2) is 5.26. The van der Waals surface area contributed by atoms with Gasteiger partial charge in [-0.3, -0.25) is 9.78 Å². The third kappa shape index (κ3) is 1.94. The molecule has 5 rings (SSSR count). The minimum atomic E-state index is -0.758. The maximum absolute atomic E-state index is 14.5. The van der Waals surface area contributed by atoms with Gasteiger partial charge in [-0.1, -0.05) is 24.3 Å². The monoisotopic (exact) mass is 344 g/mol. The predicted octanol–water partition coefficient (Wildman–Crippen LogP) is 4.79. The lowest BCUT2D eigenvalue weighted by Gasteiger charge is -2.11. The smallest absolute Gasteiger partial charge is 0.196 e. The van der Waals surface area contributed by atoms with E-state index in [-0.39, 0.29) is 17.0 Å². The SMILES string of the molecule is O=C1c2ccccc2-c2c1c(-c1ccc(F)cc1F)nc1cccnc21. The van der Waals surface area contributed by atoms with E-state index < -0.39 is 11.6 Å². The van der Waals surface area contributed by atoms with Crippen LogP contribution >= 0.6 is 0 Å². The molecule has 3 nitrogen and oxygen atoms in total. The number of nitrogens with zero attached hydrogens (tertiary/aromatic N) is 2. The van der Waals surface area contributed by atoms with Crippen LogP contribution in [0.25, 0.3) is 33.4 Å². The van der Waals surface area contributed by atoms with Crippen LogP contribution in [0.5, 0.6) is 0 Å². The van der Waals surface area contributed by atoms with Crippen LogP contribution in [0.2, 0.25) is 0 Å². The molecule has 0 N–H and O–H groups in total. The van der Waals surface area contributed by atoms with E-state index in [0.29, 0.717) is 27.7 Å². The molecule has 2 aromatic heterocycles. The highest BCUT2D eigenvalue weighted by atomic mass is 19.1. The van der Waals surface area contributed by atoms with Crippen molar-refractivity contribution < 1.29 is 13.6 Å². The number of hydrogen-bond acceptors (Lipinski definition) is 3. The predicted molar refractivity (Wildman–Crippen MR) is 93.8 cm³/mol. The van der Waals surface area contributed by atoms with Crippen molar-refractivity contribution >= 4 is 16.8 Å². The molecule has 0 spiro atoms. The van der Waals surface area contributed by atoms with Crippen LogP contribution in [0, 0.1) is 11.6 Å². The summed E-state index contributed by atoms with van der Waals surface area (Å²) in [4.78, 5) is 21.9. The van der Waals surface area contributed by atoms with Crippen LogP contribution in [-0.2, 0) is 0 Å². The van der Waals surface area contributed by atoms with Crippen LogP contribution in [0.3, 0.4) is 0 Å². The fraction of sp³-hybridized carbons (Fsp3) is 0. The van der Waals surface area contributed by atoms with Crippen molar-refractivity contribution in [3.8, 4) is 22.4 Å². The molecule has 124 valence electrons. The molecule has 0 unspecified atom stereocenters. The zero-order valence-corrected chi connectivity index (χ0v) is 13.3. The summed E-state index contributed by atoms with van der Waals surface area (Å²) in [5, 5.41) is 0. The Morgan fingerprint density at radius 1 is 0.808 bits per heavy atom. The van der Waals surface area contributed by atoms with Gasteiger partial charge >= 0.3 is 0 Å². The molecule has 4 aromatic rings. The maximum Gasteiger partial charge on any atom is 0.196 e. The Labute approximate surface area is 147 Å². The van der Waals surface area contributed by atoms with Crippen molar-refractivity contribution in [1.82, 2.24) is 9.97 Å². The molecule has 0 bridgehead atoms. The molecule has 5 heteroatoms. The minimum absolute atomic E-state index is 0.0922. The van der Waals surface area contributed by atoms with Crippen LogP contribution in [0.1, 0.15) is 15.9 Å². The lowest BCUT2D eigenvalue weighted by atomic mass is 9.98. The minimum Gasteiger partial charge on any atom is -0.288 e. The Balaban J connectivity index is 1.95. The second-order valence-corrected chi connectivity index (χ2v) is 6.08. The fourth-order valence-corrected chi connectivity index (χ4v) is 3.49. The van der Waals surface area contributed by atoms with E-state index in [1.807, 2.05) is 12.1 Å². The molecular formula is C21H10F2N2O. The largest absolute Gasteiger partial charge is 0.288 e. The zero-order chi connectivity index (χ0) is 17.8. The summed E-state index contributed by atoms with van der Waals surface area (Å²) in [5.74, 6) is -1.67. The summed E-state index contributed by atoms with van der Waals surface area (Å²) >= 11 is 0. The first-order valence-electron chi connectivity index (χ1n) is 8.03. The Kier molecular flexibility index (Phi) is 3.00. The van der Waals surface area contributed by atoms with Gasteiger partial charge in [-0.15, -0.1) is 0 Å². The van der Waals surface area contributed by atoms with Crippen LogP contribution in [0.15, 0.2) is 60.8 Å². The normalized spacial score (nSPS) is 12.3. The number of benzene rings is 2. The molecule has 2 aromatic carbocycles. The van der Waals surface area contributed by atoms with Gasteiger partial charge < -0.3 is 0 Å². The van der Waals surface area contributed by atoms with E-state index in [1.54, 1.807) is 30.5 Å². The molecule has 0 atom stereocenters. The summed E-state index contributed by atoms with van der Waals surface area (Å²) in [6.07, 6.45) is 1.63. The van der Waals surface area contributed by atoms with Gasteiger partial charge in [0.25, 0.3) is 0 Å². The average Bonchev–Trinajstić information content (AvgIpc) is 2.95. The second-order valence-electron chi connectivity index (χ2n) is 6.08. The number of hydrogen-bond donors (Lipinski definition) is 0. The van der Waals surface area contributed by atoms with Crippen molar-refractivity contribution in [2.45, 2.75) is 0 Å². The number of aromatic nitrogens is 2. The molecule has 0 aliphatic heterocycles. The molecule has 26 heavy (non-hydrogen) atoms. The molecule has 0 saturated heterocycles. The molecule has 1 aliphatic carbocycles. The summed E-state index contributed by atoms with van der Waals surface area (Å²) in [7, 11) is 0. The van der Waals surface area contributed by atoms with Gasteiger partial charge in [-0.2, -0.15) is 0 Å². The molecular weight excluding hydrogens is 334 g/mol. The first-order valence-corrected chi connectivity index (χ1v) is 8.03. The highest BCUT2D eigenvalue weighted by Crippen LogP contribution is 2.44. The fourth-order valence-electron chi connectivity index (χ4n) is 3.49. The number of carbonyl (C=O) groups excluding carboxylic acids is 1. The van der Waals surface area contributed by atoms with Gasteiger partial charge in [-0.05, 0) is 29.8 Å². The van der Waals surface area contributed by atoms with E-state index >= 15 is 0 Å². The Hall–Kier alpha value is -3.47. The van der Waals surface area contributed by atoms with Crippen LogP contribution in [-0.4, -0.2) is 15.8 Å². The average molecular weight is 344 g/mol. The summed E-state index contributed by atoms with van der Waals surface area (Å²) in [6.45, 7) is 0. The van der Waals surface area contributed by atoms with Crippen molar-refractivity contribution in [3.05, 3.63) is 83.6 Å². The Morgan fingerprint density at radius 2 is 1.62 bits per heavy atom. The van der Waals surface area contributed by atoms with Gasteiger partial charge in [0.1, 0.15) is 11.6 Å². The van der Waals surface area contributed by atoms with Crippen molar-refractivity contribution in [2.75, 3.05) is 0 Å². The van der Waals surface area contributed by atoms with E-state index in [9.17, 15) is 13.6 Å². The number of carbonyl (C=O) groups is 1. The lowest BCUT2D eigenvalue weighted by molar-refractivity contribution is 0.104. The van der Waals surface area contributed by atoms with E-state index in [1.165, 1.54) is 6.07 Å². The number of ketones is 1. The Bertz CT molecular complexity index is 1230. The maximum atomic E-state index is 14.5. The van der Waals surface area contributed by atoms with Crippen LogP contribution in [0.4, 0.5) is 8.78 Å². The molecule has 2 heterocycles. The quantitative estimate of drug-likeness (QED) is 0.439. The van der Waals surface area contributed by atoms with Crippen molar-refractivity contribution in [3.63, 3.8) is 0 Å². The van der Waals surface area contributed by atoms with E-state index in [2.05, 4.69) is 9.97 Å². The molecule has 0 radical (unpaired) electrons. The van der Waals surface area contributed by atoms with Crippen molar-refractivity contribution in [1.29, 1.82) is 0 Å². The number of fused-ring (bicyclic) bond motifs is 5. The first kappa shape index (κ1) is 14.8. The number of halogens is 2. The Morgan fingerprint density at radius 3 is 2.42 bits per heavy atom. The summed E-state index contributed by atoms with van der Waals surface area (Å²) in [6, 6.07) is 14.0. The third-order valence-electron chi connectivity index (χ3n) is 4.60. The number of rotatable bonds is 1. The lowest BCUT2D eigenvalue weighted by Crippen LogP contribution is -2.03. The molecule has 1 aliphatic rings. The van der Waals surface area contributed by atoms with Gasteiger partial charge in [0, 0.05) is 29.0 Å².